The fraction of sp³-hybridized carbons (Fsp3) is 0.543. The molecule has 1 saturated heterocycles. The van der Waals surface area contributed by atoms with Gasteiger partial charge in [0.05, 0.1) is 13.2 Å². The van der Waals surface area contributed by atoms with Gasteiger partial charge in [0.25, 0.3) is 0 Å². The SMILES string of the molecule is C=CCCCCCCC1CCC(c2ccc(-c3ccc(C4O[C@@H](C(=O)OCC)[C@H](C(=O)OCC)O4)cc3)cc2)CC1. The molecule has 4 rings (SSSR count). The molecule has 2 aromatic rings. The van der Waals surface area contributed by atoms with Gasteiger partial charge in [-0.1, -0.05) is 80.3 Å². The number of allylic oxidation sites excluding steroid dienone is 1. The van der Waals surface area contributed by atoms with Crippen molar-refractivity contribution in [2.24, 2.45) is 5.92 Å². The molecule has 222 valence electrons. The van der Waals surface area contributed by atoms with E-state index < -0.39 is 30.4 Å². The molecule has 0 amide bonds. The van der Waals surface area contributed by atoms with Crippen LogP contribution >= 0.6 is 0 Å². The minimum absolute atomic E-state index is 0.185. The van der Waals surface area contributed by atoms with Crippen molar-refractivity contribution in [1.29, 1.82) is 0 Å². The van der Waals surface area contributed by atoms with Crippen molar-refractivity contribution in [2.45, 2.75) is 102 Å². The van der Waals surface area contributed by atoms with Crippen molar-refractivity contribution < 1.29 is 28.5 Å². The second-order valence-electron chi connectivity index (χ2n) is 11.2. The summed E-state index contributed by atoms with van der Waals surface area (Å²) in [5, 5.41) is 0. The van der Waals surface area contributed by atoms with Gasteiger partial charge in [0.15, 0.2) is 18.5 Å². The van der Waals surface area contributed by atoms with E-state index in [0.717, 1.165) is 29.0 Å². The predicted molar refractivity (Wildman–Crippen MR) is 160 cm³/mol. The number of hydrogen-bond acceptors (Lipinski definition) is 6. The van der Waals surface area contributed by atoms with Crippen LogP contribution in [0.15, 0.2) is 61.2 Å². The zero-order valence-corrected chi connectivity index (χ0v) is 24.7. The van der Waals surface area contributed by atoms with Crippen molar-refractivity contribution in [3.8, 4) is 11.1 Å². The van der Waals surface area contributed by atoms with Crippen LogP contribution in [-0.4, -0.2) is 37.4 Å². The predicted octanol–water partition coefficient (Wildman–Crippen LogP) is 8.06. The Morgan fingerprint density at radius 1 is 0.756 bits per heavy atom. The third-order valence-corrected chi connectivity index (χ3v) is 8.37. The number of rotatable bonds is 14. The lowest BCUT2D eigenvalue weighted by Crippen LogP contribution is -2.39. The highest BCUT2D eigenvalue weighted by atomic mass is 16.8. The van der Waals surface area contributed by atoms with Crippen molar-refractivity contribution in [3.05, 3.63) is 72.3 Å². The van der Waals surface area contributed by atoms with Crippen LogP contribution in [0.4, 0.5) is 0 Å². The molecule has 41 heavy (non-hydrogen) atoms. The minimum atomic E-state index is -1.16. The molecular formula is C35H46O6. The summed E-state index contributed by atoms with van der Waals surface area (Å²) in [6.07, 6.45) is 12.0. The Kier molecular flexibility index (Phi) is 12.0. The van der Waals surface area contributed by atoms with Crippen LogP contribution in [0.25, 0.3) is 11.1 Å². The lowest BCUT2D eigenvalue weighted by Gasteiger charge is -2.29. The van der Waals surface area contributed by atoms with E-state index in [-0.39, 0.29) is 13.2 Å². The second kappa shape index (κ2) is 15.9. The number of carbonyl (C=O) groups is 2. The highest BCUT2D eigenvalue weighted by Crippen LogP contribution is 2.39. The highest BCUT2D eigenvalue weighted by molar-refractivity contribution is 5.86. The molecule has 6 heteroatoms. The first-order valence-corrected chi connectivity index (χ1v) is 15.5. The summed E-state index contributed by atoms with van der Waals surface area (Å²) in [6.45, 7) is 7.59. The summed E-state index contributed by atoms with van der Waals surface area (Å²) >= 11 is 0. The Morgan fingerprint density at radius 3 is 1.78 bits per heavy atom. The van der Waals surface area contributed by atoms with E-state index in [4.69, 9.17) is 18.9 Å². The fourth-order valence-corrected chi connectivity index (χ4v) is 6.05. The summed E-state index contributed by atoms with van der Waals surface area (Å²) < 4.78 is 21.8. The molecule has 0 spiro atoms. The van der Waals surface area contributed by atoms with Gasteiger partial charge in [-0.15, -0.1) is 6.58 Å². The minimum Gasteiger partial charge on any atom is -0.464 e. The van der Waals surface area contributed by atoms with Crippen LogP contribution < -0.4 is 0 Å². The Bertz CT molecular complexity index is 1070. The number of hydrogen-bond donors (Lipinski definition) is 0. The Morgan fingerprint density at radius 2 is 1.27 bits per heavy atom. The maximum atomic E-state index is 12.4. The van der Waals surface area contributed by atoms with Gasteiger partial charge in [0.1, 0.15) is 0 Å². The third-order valence-electron chi connectivity index (χ3n) is 8.37. The molecule has 1 heterocycles. The second-order valence-corrected chi connectivity index (χ2v) is 11.2. The van der Waals surface area contributed by atoms with Crippen LogP contribution in [0, 0.1) is 5.92 Å². The maximum Gasteiger partial charge on any atom is 0.338 e. The summed E-state index contributed by atoms with van der Waals surface area (Å²) in [4.78, 5) is 24.8. The number of carbonyl (C=O) groups excluding carboxylic acids is 2. The largest absolute Gasteiger partial charge is 0.464 e. The van der Waals surface area contributed by atoms with Crippen LogP contribution in [0.3, 0.4) is 0 Å². The first-order chi connectivity index (χ1) is 20.0. The van der Waals surface area contributed by atoms with E-state index in [1.165, 1.54) is 63.4 Å². The molecule has 2 fully saturated rings. The quantitative estimate of drug-likeness (QED) is 0.132. The van der Waals surface area contributed by atoms with E-state index in [1.807, 2.05) is 30.3 Å². The molecule has 1 saturated carbocycles. The lowest BCUT2D eigenvalue weighted by atomic mass is 9.77. The molecule has 0 N–H and O–H groups in total. The number of benzene rings is 2. The Balaban J connectivity index is 1.29. The molecule has 6 nitrogen and oxygen atoms in total. The fourth-order valence-electron chi connectivity index (χ4n) is 6.05. The molecule has 0 bridgehead atoms. The Hall–Kier alpha value is -2.96. The van der Waals surface area contributed by atoms with Crippen molar-refractivity contribution in [2.75, 3.05) is 13.2 Å². The van der Waals surface area contributed by atoms with Gasteiger partial charge in [-0.25, -0.2) is 9.59 Å². The summed E-state index contributed by atoms with van der Waals surface area (Å²) in [6, 6.07) is 16.8. The molecular weight excluding hydrogens is 516 g/mol. The Labute approximate surface area is 245 Å². The van der Waals surface area contributed by atoms with E-state index in [0.29, 0.717) is 5.92 Å². The maximum absolute atomic E-state index is 12.4. The van der Waals surface area contributed by atoms with Gasteiger partial charge in [0.2, 0.25) is 0 Å². The molecule has 1 aliphatic heterocycles. The smallest absolute Gasteiger partial charge is 0.338 e. The molecule has 0 aromatic heterocycles. The summed E-state index contributed by atoms with van der Waals surface area (Å²) in [5.41, 5.74) is 4.39. The van der Waals surface area contributed by atoms with Crippen molar-refractivity contribution in [1.82, 2.24) is 0 Å². The zero-order chi connectivity index (χ0) is 29.0. The van der Waals surface area contributed by atoms with Crippen molar-refractivity contribution >= 4 is 11.9 Å². The van der Waals surface area contributed by atoms with Gasteiger partial charge >= 0.3 is 11.9 Å². The van der Waals surface area contributed by atoms with Crippen LogP contribution in [0.1, 0.15) is 101 Å². The first-order valence-electron chi connectivity index (χ1n) is 15.5. The monoisotopic (exact) mass is 562 g/mol. The van der Waals surface area contributed by atoms with Crippen LogP contribution in [-0.2, 0) is 28.5 Å². The van der Waals surface area contributed by atoms with Crippen LogP contribution in [0.2, 0.25) is 0 Å². The third kappa shape index (κ3) is 8.52. The first kappa shape index (κ1) is 31.0. The topological polar surface area (TPSA) is 71.1 Å². The standard InChI is InChI=1S/C35H46O6/c1-4-7-8-9-10-11-12-25-13-15-26(16-14-25)27-17-19-28(20-18-27)29-21-23-30(24-22-29)35-40-31(33(36)38-5-2)32(41-35)34(37)39-6-3/h4,17-26,31-32,35H,1,5-16H2,2-3H3/t25?,26?,31-,32-/m1/s1. The number of unbranched alkanes of at least 4 members (excludes halogenated alkanes) is 4. The number of ether oxygens (including phenoxy) is 4. The molecule has 2 atom stereocenters. The van der Waals surface area contributed by atoms with Gasteiger partial charge < -0.3 is 18.9 Å². The normalized spacial score (nSPS) is 22.8. The molecule has 2 aromatic carbocycles. The van der Waals surface area contributed by atoms with E-state index in [1.54, 1.807) is 13.8 Å². The number of esters is 2. The summed E-state index contributed by atoms with van der Waals surface area (Å²) in [5.74, 6) is 0.296. The highest BCUT2D eigenvalue weighted by Gasteiger charge is 2.47. The molecule has 1 aliphatic carbocycles. The average Bonchev–Trinajstić information content (AvgIpc) is 3.46. The van der Waals surface area contributed by atoms with E-state index in [9.17, 15) is 9.59 Å². The molecule has 0 unspecified atom stereocenters. The zero-order valence-electron chi connectivity index (χ0n) is 24.7. The van der Waals surface area contributed by atoms with Gasteiger partial charge in [-0.3, -0.25) is 0 Å². The van der Waals surface area contributed by atoms with Gasteiger partial charge in [0, 0.05) is 5.56 Å². The molecule has 2 aliphatic rings. The average molecular weight is 563 g/mol. The van der Waals surface area contributed by atoms with Crippen LogP contribution in [0.5, 0.6) is 0 Å². The lowest BCUT2D eigenvalue weighted by molar-refractivity contribution is -0.163. The molecule has 0 radical (unpaired) electrons. The van der Waals surface area contributed by atoms with E-state index >= 15 is 0 Å². The van der Waals surface area contributed by atoms with Gasteiger partial charge in [-0.2, -0.15) is 0 Å². The van der Waals surface area contributed by atoms with Gasteiger partial charge in [-0.05, 0) is 80.9 Å². The van der Waals surface area contributed by atoms with Crippen molar-refractivity contribution in [3.63, 3.8) is 0 Å². The summed E-state index contributed by atoms with van der Waals surface area (Å²) in [7, 11) is 0. The van der Waals surface area contributed by atoms with E-state index in [2.05, 4.69) is 30.8 Å².